The van der Waals surface area contributed by atoms with E-state index in [4.69, 9.17) is 4.43 Å². The van der Waals surface area contributed by atoms with Crippen molar-refractivity contribution in [2.24, 2.45) is 0 Å². The molecule has 3 rings (SSSR count). The molecule has 0 unspecified atom stereocenters. The number of rotatable bonds is 6. The molecule has 1 aliphatic rings. The highest BCUT2D eigenvalue weighted by Gasteiger charge is 2.36. The van der Waals surface area contributed by atoms with Gasteiger partial charge < -0.3 is 8.83 Å². The predicted molar refractivity (Wildman–Crippen MR) is 97.2 cm³/mol. The fraction of sp³-hybridized carbons (Fsp3) is 0.611. The lowest BCUT2D eigenvalue weighted by molar-refractivity contribution is 0.256. The summed E-state index contributed by atoms with van der Waals surface area (Å²) in [6.45, 7) is 12.7. The number of nitrogens with one attached hydrogen (secondary N) is 1. The molecule has 1 N–H and O–H groups in total. The highest BCUT2D eigenvalue weighted by atomic mass is 28.4. The molecule has 0 aliphatic heterocycles. The molecule has 0 amide bonds. The van der Waals surface area contributed by atoms with Gasteiger partial charge in [0.05, 0.1) is 12.4 Å². The van der Waals surface area contributed by atoms with Crippen LogP contribution in [0.25, 0.3) is 5.65 Å². The zero-order valence-electron chi connectivity index (χ0n) is 15.0. The molecule has 0 spiro atoms. The monoisotopic (exact) mass is 331 g/mol. The molecule has 5 heteroatoms. The molecule has 4 nitrogen and oxygen atoms in total. The predicted octanol–water partition coefficient (Wildman–Crippen LogP) is 4.28. The zero-order chi connectivity index (χ0) is 16.7. The molecule has 0 bridgehead atoms. The minimum atomic E-state index is -1.68. The van der Waals surface area contributed by atoms with E-state index in [1.54, 1.807) is 0 Å². The van der Waals surface area contributed by atoms with Crippen LogP contribution in [0.1, 0.15) is 50.8 Å². The van der Waals surface area contributed by atoms with Crippen molar-refractivity contribution in [1.82, 2.24) is 14.7 Å². The van der Waals surface area contributed by atoms with Gasteiger partial charge in [-0.2, -0.15) is 0 Å². The van der Waals surface area contributed by atoms with E-state index in [0.717, 1.165) is 23.8 Å². The number of fused-ring (bicyclic) bond motifs is 1. The summed E-state index contributed by atoms with van der Waals surface area (Å²) < 4.78 is 8.29. The molecule has 1 saturated carbocycles. The third-order valence-corrected chi connectivity index (χ3v) is 9.70. The molecule has 126 valence electrons. The van der Waals surface area contributed by atoms with Crippen LogP contribution < -0.4 is 5.32 Å². The fourth-order valence-corrected chi connectivity index (χ4v) is 3.33. The lowest BCUT2D eigenvalue weighted by atomic mass is 10.2. The third-order valence-electron chi connectivity index (χ3n) is 5.22. The van der Waals surface area contributed by atoms with Crippen molar-refractivity contribution < 1.29 is 4.43 Å². The second kappa shape index (κ2) is 6.04. The van der Waals surface area contributed by atoms with E-state index in [1.807, 2.05) is 0 Å². The van der Waals surface area contributed by atoms with Gasteiger partial charge in [0, 0.05) is 18.9 Å². The Balaban J connectivity index is 1.55. The smallest absolute Gasteiger partial charge is 0.193 e. The van der Waals surface area contributed by atoms with Crippen LogP contribution in [0.15, 0.2) is 24.5 Å². The quantitative estimate of drug-likeness (QED) is 0.488. The molecule has 2 heterocycles. The maximum absolute atomic E-state index is 6.14. The molecule has 0 aromatic carbocycles. The number of nitrogens with zero attached hydrogens (tertiary/aromatic N) is 2. The van der Waals surface area contributed by atoms with Crippen molar-refractivity contribution in [3.05, 3.63) is 35.8 Å². The maximum Gasteiger partial charge on any atom is 0.193 e. The first-order valence-electron chi connectivity index (χ1n) is 8.58. The number of pyridine rings is 1. The number of hydrogen-bond acceptors (Lipinski definition) is 3. The van der Waals surface area contributed by atoms with Crippen molar-refractivity contribution in [3.8, 4) is 0 Å². The Kier molecular flexibility index (Phi) is 4.38. The van der Waals surface area contributed by atoms with Crippen molar-refractivity contribution >= 4 is 14.0 Å². The van der Waals surface area contributed by atoms with Crippen LogP contribution in [-0.2, 0) is 11.0 Å². The number of hydrogen-bond donors (Lipinski definition) is 1. The molecule has 2 aromatic heterocycles. The average molecular weight is 332 g/mol. The summed E-state index contributed by atoms with van der Waals surface area (Å²) in [4.78, 5) is 4.67. The fourth-order valence-electron chi connectivity index (χ4n) is 2.43. The Hall–Kier alpha value is -1.17. The topological polar surface area (TPSA) is 38.6 Å². The van der Waals surface area contributed by atoms with Gasteiger partial charge in [-0.15, -0.1) is 0 Å². The van der Waals surface area contributed by atoms with Crippen LogP contribution in [-0.4, -0.2) is 24.4 Å². The normalized spacial score (nSPS) is 16.2. The van der Waals surface area contributed by atoms with Gasteiger partial charge in [0.25, 0.3) is 0 Å². The van der Waals surface area contributed by atoms with E-state index < -0.39 is 8.32 Å². The van der Waals surface area contributed by atoms with Crippen molar-refractivity contribution in [2.75, 3.05) is 6.73 Å². The molecule has 2 aromatic rings. The van der Waals surface area contributed by atoms with E-state index in [1.165, 1.54) is 18.4 Å². The Labute approximate surface area is 140 Å². The largest absolute Gasteiger partial charge is 0.404 e. The van der Waals surface area contributed by atoms with E-state index in [2.05, 4.69) is 73.1 Å². The average Bonchev–Trinajstić information content (AvgIpc) is 3.22. The standard InChI is InChI=1S/C18H29N3OSi/c1-18(2,3)23(4,5)22-13-19-10-16-12-21-11-15(14-6-7-14)8-9-17(21)20-16/h8-9,11-12,14,19H,6-7,10,13H2,1-5H3. The highest BCUT2D eigenvalue weighted by Crippen LogP contribution is 2.40. The minimum Gasteiger partial charge on any atom is -0.404 e. The summed E-state index contributed by atoms with van der Waals surface area (Å²) >= 11 is 0. The van der Waals surface area contributed by atoms with E-state index in [-0.39, 0.29) is 5.04 Å². The van der Waals surface area contributed by atoms with Gasteiger partial charge in [-0.1, -0.05) is 26.8 Å². The molecular weight excluding hydrogens is 302 g/mol. The van der Waals surface area contributed by atoms with Crippen LogP contribution in [0.4, 0.5) is 0 Å². The Bertz CT molecular complexity index is 683. The van der Waals surface area contributed by atoms with Crippen LogP contribution in [0, 0.1) is 0 Å². The molecule has 0 atom stereocenters. The van der Waals surface area contributed by atoms with Crippen molar-refractivity contribution in [1.29, 1.82) is 0 Å². The summed E-state index contributed by atoms with van der Waals surface area (Å²) in [7, 11) is -1.68. The molecule has 23 heavy (non-hydrogen) atoms. The molecule has 1 aliphatic carbocycles. The minimum absolute atomic E-state index is 0.247. The molecule has 1 fully saturated rings. The second-order valence-electron chi connectivity index (χ2n) is 8.21. The SMILES string of the molecule is CC(C)(C)[Si](C)(C)OCNCc1cn2cc(C3CC3)ccc2n1. The molecule has 0 saturated heterocycles. The highest BCUT2D eigenvalue weighted by molar-refractivity contribution is 6.74. The molecule has 0 radical (unpaired) electrons. The lowest BCUT2D eigenvalue weighted by Gasteiger charge is -2.36. The Morgan fingerprint density at radius 1 is 1.26 bits per heavy atom. The van der Waals surface area contributed by atoms with Gasteiger partial charge >= 0.3 is 0 Å². The van der Waals surface area contributed by atoms with Crippen LogP contribution in [0.3, 0.4) is 0 Å². The zero-order valence-corrected chi connectivity index (χ0v) is 16.0. The van der Waals surface area contributed by atoms with Crippen molar-refractivity contribution in [3.63, 3.8) is 0 Å². The summed E-state index contributed by atoms with van der Waals surface area (Å²) in [6, 6.07) is 4.35. The van der Waals surface area contributed by atoms with E-state index in [0.29, 0.717) is 6.73 Å². The van der Waals surface area contributed by atoms with Gasteiger partial charge in [-0.05, 0) is 48.5 Å². The van der Waals surface area contributed by atoms with Gasteiger partial charge in [-0.3, -0.25) is 5.32 Å². The van der Waals surface area contributed by atoms with Crippen molar-refractivity contribution in [2.45, 2.75) is 64.2 Å². The Morgan fingerprint density at radius 2 is 2.00 bits per heavy atom. The van der Waals surface area contributed by atoms with Crippen LogP contribution in [0.5, 0.6) is 0 Å². The summed E-state index contributed by atoms with van der Waals surface area (Å²) in [5.41, 5.74) is 3.53. The summed E-state index contributed by atoms with van der Waals surface area (Å²) in [5.74, 6) is 0.779. The van der Waals surface area contributed by atoms with E-state index >= 15 is 0 Å². The third kappa shape index (κ3) is 3.84. The first-order valence-corrected chi connectivity index (χ1v) is 11.5. The first kappa shape index (κ1) is 16.7. The number of aromatic nitrogens is 2. The lowest BCUT2D eigenvalue weighted by Crippen LogP contribution is -2.43. The summed E-state index contributed by atoms with van der Waals surface area (Å²) in [5, 5.41) is 3.62. The van der Waals surface area contributed by atoms with Gasteiger partial charge in [0.2, 0.25) is 0 Å². The van der Waals surface area contributed by atoms with Crippen LogP contribution >= 0.6 is 0 Å². The molecular formula is C18H29N3OSi. The second-order valence-corrected chi connectivity index (χ2v) is 13.0. The van der Waals surface area contributed by atoms with E-state index in [9.17, 15) is 0 Å². The number of imidazole rings is 1. The van der Waals surface area contributed by atoms with Gasteiger partial charge in [0.15, 0.2) is 8.32 Å². The Morgan fingerprint density at radius 3 is 2.65 bits per heavy atom. The van der Waals surface area contributed by atoms with Gasteiger partial charge in [-0.25, -0.2) is 4.98 Å². The van der Waals surface area contributed by atoms with Gasteiger partial charge in [0.1, 0.15) is 5.65 Å². The summed E-state index contributed by atoms with van der Waals surface area (Å²) in [6.07, 6.45) is 7.02. The first-order chi connectivity index (χ1) is 10.8. The maximum atomic E-state index is 6.14. The van der Waals surface area contributed by atoms with Crippen LogP contribution in [0.2, 0.25) is 18.1 Å².